The van der Waals surface area contributed by atoms with Crippen LogP contribution in [0.1, 0.15) is 66.2 Å². The summed E-state index contributed by atoms with van der Waals surface area (Å²) in [6.07, 6.45) is 5.36. The molecule has 122 valence electrons. The Hall–Kier alpha value is -1.19. The molecule has 0 fully saturated rings. The summed E-state index contributed by atoms with van der Waals surface area (Å²) in [4.78, 5) is 25.9. The fourth-order valence-electron chi connectivity index (χ4n) is 1.90. The summed E-state index contributed by atoms with van der Waals surface area (Å²) in [5, 5.41) is 12.8. The lowest BCUT2D eigenvalue weighted by Crippen LogP contribution is -2.36. The highest BCUT2D eigenvalue weighted by Gasteiger charge is 2.23. The lowest BCUT2D eigenvalue weighted by atomic mass is 9.83. The van der Waals surface area contributed by atoms with Gasteiger partial charge < -0.3 is 10.4 Å². The van der Waals surface area contributed by atoms with Crippen LogP contribution in [0.25, 0.3) is 0 Å². The largest absolute Gasteiger partial charge is 0.393 e. The highest BCUT2D eigenvalue weighted by molar-refractivity contribution is 5.82. The second-order valence-electron chi connectivity index (χ2n) is 6.33. The molecule has 5 nitrogen and oxygen atoms in total. The van der Waals surface area contributed by atoms with Crippen molar-refractivity contribution in [1.82, 2.24) is 5.32 Å². The molecule has 0 spiro atoms. The smallest absolute Gasteiger partial charge is 0.245 e. The molecule has 0 saturated heterocycles. The minimum Gasteiger partial charge on any atom is -0.393 e. The van der Waals surface area contributed by atoms with E-state index < -0.39 is 12.1 Å². The number of aliphatic hydroxyl groups excluding tert-OH is 1. The van der Waals surface area contributed by atoms with Crippen LogP contribution in [0.2, 0.25) is 0 Å². The van der Waals surface area contributed by atoms with Crippen LogP contribution in [0.4, 0.5) is 0 Å². The van der Waals surface area contributed by atoms with Gasteiger partial charge in [-0.3, -0.25) is 4.79 Å². The van der Waals surface area contributed by atoms with Gasteiger partial charge in [0.2, 0.25) is 12.0 Å². The van der Waals surface area contributed by atoms with Crippen molar-refractivity contribution in [1.29, 1.82) is 0 Å². The number of carbonyl (C=O) groups excluding carboxylic acids is 2. The summed E-state index contributed by atoms with van der Waals surface area (Å²) in [5.41, 5.74) is 0.174. The summed E-state index contributed by atoms with van der Waals surface area (Å²) in [6, 6.07) is -0.834. The molecule has 1 unspecified atom stereocenters. The van der Waals surface area contributed by atoms with Crippen LogP contribution in [0, 0.1) is 5.41 Å². The Kier molecular flexibility index (Phi) is 9.93. The first kappa shape index (κ1) is 19.8. The number of unbranched alkanes of at least 4 members (excludes halogenated alkanes) is 1. The molecule has 0 rings (SSSR count). The lowest BCUT2D eigenvalue weighted by Gasteiger charge is -2.24. The number of hydrogen-bond donors (Lipinski definition) is 2. The van der Waals surface area contributed by atoms with Gasteiger partial charge in [0, 0.05) is 13.0 Å². The van der Waals surface area contributed by atoms with Crippen molar-refractivity contribution in [2.45, 2.75) is 78.4 Å². The molecule has 0 aromatic rings. The third-order valence-corrected chi connectivity index (χ3v) is 3.95. The minimum absolute atomic E-state index is 0.174. The second-order valence-corrected chi connectivity index (χ2v) is 6.33. The van der Waals surface area contributed by atoms with Gasteiger partial charge in [0.15, 0.2) is 0 Å². The van der Waals surface area contributed by atoms with Crippen LogP contribution in [0.15, 0.2) is 4.99 Å². The molecule has 21 heavy (non-hydrogen) atoms. The van der Waals surface area contributed by atoms with Crippen LogP contribution < -0.4 is 5.32 Å². The van der Waals surface area contributed by atoms with E-state index in [9.17, 15) is 14.7 Å². The fraction of sp³-hybridized carbons (Fsp3) is 0.875. The third kappa shape index (κ3) is 9.38. The lowest BCUT2D eigenvalue weighted by molar-refractivity contribution is -0.123. The van der Waals surface area contributed by atoms with E-state index in [1.165, 1.54) is 6.08 Å². The van der Waals surface area contributed by atoms with Crippen LogP contribution in [-0.2, 0) is 9.59 Å². The Morgan fingerprint density at radius 1 is 1.38 bits per heavy atom. The maximum absolute atomic E-state index is 11.9. The molecule has 0 aromatic heterocycles. The maximum atomic E-state index is 11.9. The van der Waals surface area contributed by atoms with Crippen LogP contribution in [0.5, 0.6) is 0 Å². The van der Waals surface area contributed by atoms with Gasteiger partial charge in [0.25, 0.3) is 0 Å². The third-order valence-electron chi connectivity index (χ3n) is 3.95. The molecular formula is C16H30N2O3. The van der Waals surface area contributed by atoms with Gasteiger partial charge in [0.05, 0.1) is 6.10 Å². The van der Waals surface area contributed by atoms with Crippen molar-refractivity contribution in [2.24, 2.45) is 10.4 Å². The SMILES string of the molecule is CCCCNC(=O)C(C[C@@H](O)CCC(C)(C)CC)N=C=O. The van der Waals surface area contributed by atoms with E-state index in [0.717, 1.165) is 25.7 Å². The molecule has 0 aliphatic rings. The van der Waals surface area contributed by atoms with E-state index in [1.54, 1.807) is 0 Å². The van der Waals surface area contributed by atoms with Crippen molar-refractivity contribution < 1.29 is 14.7 Å². The molecule has 5 heteroatoms. The van der Waals surface area contributed by atoms with E-state index in [-0.39, 0.29) is 17.7 Å². The quantitative estimate of drug-likeness (QED) is 0.349. The summed E-state index contributed by atoms with van der Waals surface area (Å²) in [7, 11) is 0. The van der Waals surface area contributed by atoms with Gasteiger partial charge in [-0.05, 0) is 24.7 Å². The van der Waals surface area contributed by atoms with Crippen molar-refractivity contribution >= 4 is 12.0 Å². The molecule has 0 aromatic carbocycles. The molecule has 1 amide bonds. The predicted octanol–water partition coefficient (Wildman–Crippen LogP) is 2.57. The van der Waals surface area contributed by atoms with Gasteiger partial charge in [-0.1, -0.05) is 40.5 Å². The number of carbonyl (C=O) groups is 1. The standard InChI is InChI=1S/C16H30N2O3/c1-5-7-10-17-15(21)14(18-12-19)11-13(20)8-9-16(3,4)6-2/h13-14,20H,5-11H2,1-4H3,(H,17,21)/t13-,14?/m0/s1. The van der Waals surface area contributed by atoms with Gasteiger partial charge in [-0.25, -0.2) is 4.79 Å². The Bertz CT molecular complexity index is 349. The Balaban J connectivity index is 4.35. The monoisotopic (exact) mass is 298 g/mol. The van der Waals surface area contributed by atoms with Crippen molar-refractivity contribution in [3.8, 4) is 0 Å². The number of aliphatic imine (C=N–C) groups is 1. The van der Waals surface area contributed by atoms with E-state index in [0.29, 0.717) is 13.0 Å². The Morgan fingerprint density at radius 2 is 2.05 bits per heavy atom. The van der Waals surface area contributed by atoms with E-state index in [4.69, 9.17) is 0 Å². The summed E-state index contributed by atoms with van der Waals surface area (Å²) < 4.78 is 0. The zero-order valence-electron chi connectivity index (χ0n) is 13.8. The summed E-state index contributed by atoms with van der Waals surface area (Å²) >= 11 is 0. The molecule has 2 atom stereocenters. The topological polar surface area (TPSA) is 78.8 Å². The molecule has 0 radical (unpaired) electrons. The van der Waals surface area contributed by atoms with Crippen LogP contribution in [-0.4, -0.2) is 35.8 Å². The molecule has 0 aliphatic heterocycles. The van der Waals surface area contributed by atoms with Crippen LogP contribution >= 0.6 is 0 Å². The Morgan fingerprint density at radius 3 is 2.57 bits per heavy atom. The van der Waals surface area contributed by atoms with E-state index in [2.05, 4.69) is 31.1 Å². The fourth-order valence-corrected chi connectivity index (χ4v) is 1.90. The first-order valence-corrected chi connectivity index (χ1v) is 7.89. The average Bonchev–Trinajstić information content (AvgIpc) is 2.45. The molecule has 0 bridgehead atoms. The number of rotatable bonds is 11. The molecular weight excluding hydrogens is 268 g/mol. The molecule has 0 heterocycles. The number of aliphatic hydroxyl groups is 1. The van der Waals surface area contributed by atoms with Crippen LogP contribution in [0.3, 0.4) is 0 Å². The molecule has 0 aliphatic carbocycles. The highest BCUT2D eigenvalue weighted by atomic mass is 16.3. The van der Waals surface area contributed by atoms with Gasteiger partial charge >= 0.3 is 0 Å². The number of nitrogens with zero attached hydrogens (tertiary/aromatic N) is 1. The van der Waals surface area contributed by atoms with E-state index >= 15 is 0 Å². The van der Waals surface area contributed by atoms with Gasteiger partial charge in [-0.2, -0.15) is 4.99 Å². The normalized spacial score (nSPS) is 14.1. The first-order valence-electron chi connectivity index (χ1n) is 7.89. The summed E-state index contributed by atoms with van der Waals surface area (Å²) in [6.45, 7) is 9.02. The van der Waals surface area contributed by atoms with E-state index in [1.807, 2.05) is 6.92 Å². The number of amides is 1. The zero-order chi connectivity index (χ0) is 16.3. The summed E-state index contributed by atoms with van der Waals surface area (Å²) in [5.74, 6) is -0.305. The van der Waals surface area contributed by atoms with Gasteiger partial charge in [-0.15, -0.1) is 0 Å². The minimum atomic E-state index is -0.834. The molecule has 0 saturated carbocycles. The maximum Gasteiger partial charge on any atom is 0.245 e. The highest BCUT2D eigenvalue weighted by Crippen LogP contribution is 2.27. The number of isocyanates is 1. The van der Waals surface area contributed by atoms with Gasteiger partial charge in [0.1, 0.15) is 6.04 Å². The zero-order valence-corrected chi connectivity index (χ0v) is 13.8. The first-order chi connectivity index (χ1) is 9.86. The number of nitrogens with one attached hydrogen (secondary N) is 1. The van der Waals surface area contributed by atoms with Crippen molar-refractivity contribution in [3.63, 3.8) is 0 Å². The predicted molar refractivity (Wildman–Crippen MR) is 83.8 cm³/mol. The number of hydrogen-bond acceptors (Lipinski definition) is 4. The Labute approximate surface area is 128 Å². The molecule has 2 N–H and O–H groups in total. The van der Waals surface area contributed by atoms with Crippen molar-refractivity contribution in [2.75, 3.05) is 6.54 Å². The van der Waals surface area contributed by atoms with Crippen molar-refractivity contribution in [3.05, 3.63) is 0 Å². The second kappa shape index (κ2) is 10.5. The average molecular weight is 298 g/mol.